The van der Waals surface area contributed by atoms with E-state index in [0.717, 1.165) is 5.56 Å². The number of thioether (sulfide) groups is 1. The number of hydrogen-bond acceptors (Lipinski definition) is 3. The van der Waals surface area contributed by atoms with Gasteiger partial charge in [-0.05, 0) is 11.6 Å². The van der Waals surface area contributed by atoms with Gasteiger partial charge in [0.05, 0.1) is 5.75 Å². The molecule has 1 aromatic carbocycles. The molecule has 1 aromatic rings. The summed E-state index contributed by atoms with van der Waals surface area (Å²) < 4.78 is 0. The van der Waals surface area contributed by atoms with E-state index in [9.17, 15) is 9.59 Å². The van der Waals surface area contributed by atoms with Gasteiger partial charge in [0.2, 0.25) is 11.8 Å². The number of carbonyl (C=O) groups excluding carboxylic acids is 2. The second-order valence-electron chi connectivity index (χ2n) is 2.92. The van der Waals surface area contributed by atoms with Crippen LogP contribution in [0.15, 0.2) is 24.3 Å². The molecule has 3 nitrogen and oxygen atoms in total. The fourth-order valence-electron chi connectivity index (χ4n) is 1.28. The molecule has 1 saturated heterocycles. The van der Waals surface area contributed by atoms with E-state index >= 15 is 0 Å². The van der Waals surface area contributed by atoms with Crippen molar-refractivity contribution in [3.63, 3.8) is 0 Å². The Morgan fingerprint density at radius 2 is 2.29 bits per heavy atom. The van der Waals surface area contributed by atoms with Crippen molar-refractivity contribution in [2.45, 2.75) is 5.25 Å². The van der Waals surface area contributed by atoms with Crippen LogP contribution in [-0.2, 0) is 9.59 Å². The second-order valence-corrected chi connectivity index (χ2v) is 4.01. The van der Waals surface area contributed by atoms with Gasteiger partial charge in [-0.1, -0.05) is 24.3 Å². The Morgan fingerprint density at radius 1 is 1.43 bits per heavy atom. The lowest BCUT2D eigenvalue weighted by Gasteiger charge is -2.20. The molecule has 0 spiro atoms. The maximum absolute atomic E-state index is 11.4. The minimum atomic E-state index is -0.297. The Kier molecular flexibility index (Phi) is 2.54. The molecule has 4 heteroatoms. The first kappa shape index (κ1) is 9.27. The predicted octanol–water partition coefficient (Wildman–Crippen LogP) is 0.917. The number of benzene rings is 1. The highest BCUT2D eigenvalue weighted by atomic mass is 32.2. The summed E-state index contributed by atoms with van der Waals surface area (Å²) in [5.41, 5.74) is 0.822. The van der Waals surface area contributed by atoms with E-state index in [1.54, 1.807) is 6.07 Å². The third-order valence-electron chi connectivity index (χ3n) is 1.90. The molecule has 1 atom stereocenters. The number of imide groups is 1. The Labute approximate surface area is 85.9 Å². The maximum atomic E-state index is 11.4. The van der Waals surface area contributed by atoms with Gasteiger partial charge in [0.1, 0.15) is 5.25 Å². The zero-order valence-corrected chi connectivity index (χ0v) is 8.14. The SMILES string of the molecule is O=C1CSC(c2[c]cccc2)C(=O)N1. The van der Waals surface area contributed by atoms with E-state index in [1.807, 2.05) is 18.2 Å². The van der Waals surface area contributed by atoms with Crippen LogP contribution >= 0.6 is 11.8 Å². The molecule has 1 radical (unpaired) electrons. The van der Waals surface area contributed by atoms with E-state index in [4.69, 9.17) is 0 Å². The molecular weight excluding hydrogens is 198 g/mol. The summed E-state index contributed by atoms with van der Waals surface area (Å²) in [4.78, 5) is 22.3. The third-order valence-corrected chi connectivity index (χ3v) is 3.13. The van der Waals surface area contributed by atoms with Crippen LogP contribution in [0.5, 0.6) is 0 Å². The van der Waals surface area contributed by atoms with Crippen molar-refractivity contribution >= 4 is 23.6 Å². The molecule has 0 aliphatic carbocycles. The van der Waals surface area contributed by atoms with Crippen LogP contribution in [0.4, 0.5) is 0 Å². The topological polar surface area (TPSA) is 46.2 Å². The van der Waals surface area contributed by atoms with Gasteiger partial charge in [-0.2, -0.15) is 0 Å². The fraction of sp³-hybridized carbons (Fsp3) is 0.200. The number of hydrogen-bond donors (Lipinski definition) is 1. The summed E-state index contributed by atoms with van der Waals surface area (Å²) in [7, 11) is 0. The van der Waals surface area contributed by atoms with Crippen molar-refractivity contribution in [1.82, 2.24) is 5.32 Å². The zero-order chi connectivity index (χ0) is 9.97. The van der Waals surface area contributed by atoms with Gasteiger partial charge in [-0.15, -0.1) is 11.8 Å². The highest BCUT2D eigenvalue weighted by molar-refractivity contribution is 8.01. The van der Waals surface area contributed by atoms with Crippen LogP contribution in [0.1, 0.15) is 10.8 Å². The van der Waals surface area contributed by atoms with Gasteiger partial charge in [-0.25, -0.2) is 0 Å². The van der Waals surface area contributed by atoms with E-state index in [2.05, 4.69) is 11.4 Å². The molecule has 1 unspecified atom stereocenters. The van der Waals surface area contributed by atoms with Crippen LogP contribution in [0.3, 0.4) is 0 Å². The first-order chi connectivity index (χ1) is 6.77. The average molecular weight is 206 g/mol. The molecular formula is C10H8NO2S. The Morgan fingerprint density at radius 3 is 2.93 bits per heavy atom. The van der Waals surface area contributed by atoms with Gasteiger partial charge >= 0.3 is 0 Å². The van der Waals surface area contributed by atoms with Crippen LogP contribution in [0.2, 0.25) is 0 Å². The number of nitrogens with one attached hydrogen (secondary N) is 1. The molecule has 1 N–H and O–H groups in total. The van der Waals surface area contributed by atoms with Crippen LogP contribution in [-0.4, -0.2) is 17.6 Å². The van der Waals surface area contributed by atoms with Crippen molar-refractivity contribution in [3.05, 3.63) is 35.9 Å². The lowest BCUT2D eigenvalue weighted by Crippen LogP contribution is -2.39. The summed E-state index contributed by atoms with van der Waals surface area (Å²) >= 11 is 1.34. The molecule has 1 aliphatic heterocycles. The minimum Gasteiger partial charge on any atom is -0.294 e. The molecule has 71 valence electrons. The Hall–Kier alpha value is -1.29. The lowest BCUT2D eigenvalue weighted by atomic mass is 10.1. The van der Waals surface area contributed by atoms with Gasteiger partial charge in [0.25, 0.3) is 0 Å². The van der Waals surface area contributed by atoms with Gasteiger partial charge in [0.15, 0.2) is 0 Å². The first-order valence-electron chi connectivity index (χ1n) is 4.19. The van der Waals surface area contributed by atoms with Gasteiger partial charge < -0.3 is 0 Å². The van der Waals surface area contributed by atoms with Crippen molar-refractivity contribution < 1.29 is 9.59 Å². The van der Waals surface area contributed by atoms with Crippen molar-refractivity contribution in [2.24, 2.45) is 0 Å². The van der Waals surface area contributed by atoms with Crippen LogP contribution in [0.25, 0.3) is 0 Å². The van der Waals surface area contributed by atoms with E-state index in [0.29, 0.717) is 5.75 Å². The summed E-state index contributed by atoms with van der Waals surface area (Å²) in [6.45, 7) is 0. The Balaban J connectivity index is 2.20. The lowest BCUT2D eigenvalue weighted by molar-refractivity contribution is -0.129. The Bertz CT molecular complexity index is 364. The first-order valence-corrected chi connectivity index (χ1v) is 5.24. The number of amides is 2. The summed E-state index contributed by atoms with van der Waals surface area (Å²) in [5, 5.41) is 2.01. The van der Waals surface area contributed by atoms with E-state index in [1.165, 1.54) is 11.8 Å². The molecule has 1 aliphatic rings. The molecule has 2 amide bonds. The number of carbonyl (C=O) groups is 2. The van der Waals surface area contributed by atoms with Gasteiger partial charge in [-0.3, -0.25) is 14.9 Å². The maximum Gasteiger partial charge on any atom is 0.244 e. The highest BCUT2D eigenvalue weighted by Crippen LogP contribution is 2.30. The molecule has 1 fully saturated rings. The van der Waals surface area contributed by atoms with Crippen LogP contribution < -0.4 is 5.32 Å². The largest absolute Gasteiger partial charge is 0.294 e. The second kappa shape index (κ2) is 3.84. The standard InChI is InChI=1S/C10H8NO2S/c12-8-6-14-9(10(13)11-8)7-4-2-1-3-5-7/h1-4,9H,6H2,(H,11,12,13). The summed E-state index contributed by atoms with van der Waals surface area (Å²) in [5.74, 6) is -0.125. The van der Waals surface area contributed by atoms with Crippen molar-refractivity contribution in [1.29, 1.82) is 0 Å². The van der Waals surface area contributed by atoms with E-state index in [-0.39, 0.29) is 17.1 Å². The molecule has 0 bridgehead atoms. The highest BCUT2D eigenvalue weighted by Gasteiger charge is 2.28. The predicted molar refractivity (Wildman–Crippen MR) is 53.6 cm³/mol. The molecule has 0 aromatic heterocycles. The normalized spacial score (nSPS) is 21.9. The fourth-order valence-corrected chi connectivity index (χ4v) is 2.20. The quantitative estimate of drug-likeness (QED) is 0.695. The van der Waals surface area contributed by atoms with Crippen LogP contribution in [0, 0.1) is 6.07 Å². The zero-order valence-electron chi connectivity index (χ0n) is 7.32. The number of rotatable bonds is 1. The molecule has 2 rings (SSSR count). The third kappa shape index (κ3) is 1.80. The minimum absolute atomic E-state index is 0.216. The van der Waals surface area contributed by atoms with Crippen molar-refractivity contribution in [3.8, 4) is 0 Å². The summed E-state index contributed by atoms with van der Waals surface area (Å²) in [6.07, 6.45) is 0. The average Bonchev–Trinajstić information content (AvgIpc) is 2.19. The molecule has 14 heavy (non-hydrogen) atoms. The molecule has 1 heterocycles. The monoisotopic (exact) mass is 206 g/mol. The smallest absolute Gasteiger partial charge is 0.244 e. The van der Waals surface area contributed by atoms with Gasteiger partial charge in [0, 0.05) is 0 Å². The molecule has 0 saturated carbocycles. The summed E-state index contributed by atoms with van der Waals surface area (Å²) in [6, 6.07) is 10.3. The van der Waals surface area contributed by atoms with Crippen molar-refractivity contribution in [2.75, 3.05) is 5.75 Å². The van der Waals surface area contributed by atoms with E-state index < -0.39 is 0 Å².